The van der Waals surface area contributed by atoms with Crippen molar-refractivity contribution < 1.29 is 14.4 Å². The summed E-state index contributed by atoms with van der Waals surface area (Å²) < 4.78 is 0. The fourth-order valence-electron chi connectivity index (χ4n) is 1.89. The van der Waals surface area contributed by atoms with E-state index in [0.717, 1.165) is 10.6 Å². The third-order valence-electron chi connectivity index (χ3n) is 3.07. The highest BCUT2D eigenvalue weighted by Crippen LogP contribution is 2.21. The van der Waals surface area contributed by atoms with Gasteiger partial charge >= 0.3 is 5.97 Å². The predicted molar refractivity (Wildman–Crippen MR) is 70.8 cm³/mol. The van der Waals surface area contributed by atoms with Gasteiger partial charge in [0.25, 0.3) is 5.91 Å². The molecule has 0 unspecified atom stereocenters. The molecule has 1 aliphatic heterocycles. The first-order valence-electron chi connectivity index (χ1n) is 6.33. The maximum absolute atomic E-state index is 11.7. The molecule has 0 radical (unpaired) electrons. The van der Waals surface area contributed by atoms with Crippen LogP contribution in [0.2, 0.25) is 0 Å². The summed E-state index contributed by atoms with van der Waals surface area (Å²) >= 11 is 0. The summed E-state index contributed by atoms with van der Waals surface area (Å²) in [6.45, 7) is 5.71. The van der Waals surface area contributed by atoms with Crippen molar-refractivity contribution in [1.82, 2.24) is 5.06 Å². The molecule has 0 aliphatic carbocycles. The topological polar surface area (TPSA) is 46.6 Å². The van der Waals surface area contributed by atoms with Crippen LogP contribution in [-0.4, -0.2) is 16.9 Å². The van der Waals surface area contributed by atoms with Gasteiger partial charge in [-0.3, -0.25) is 4.79 Å². The molecule has 0 N–H and O–H groups in total. The SMILES string of the molecule is C=C1CCC(=O)N1OC(=O)CCc1ccc(C)cc1. The van der Waals surface area contributed by atoms with E-state index < -0.39 is 5.97 Å². The third-order valence-corrected chi connectivity index (χ3v) is 3.07. The number of allylic oxidation sites excluding steroid dienone is 1. The van der Waals surface area contributed by atoms with Crippen LogP contribution in [0.1, 0.15) is 30.4 Å². The lowest BCUT2D eigenvalue weighted by molar-refractivity contribution is -0.186. The molecule has 4 heteroatoms. The number of rotatable bonds is 4. The zero-order chi connectivity index (χ0) is 13.8. The molecule has 0 atom stereocenters. The van der Waals surface area contributed by atoms with Crippen molar-refractivity contribution in [3.63, 3.8) is 0 Å². The van der Waals surface area contributed by atoms with Gasteiger partial charge in [0.15, 0.2) is 0 Å². The normalized spacial score (nSPS) is 14.9. The summed E-state index contributed by atoms with van der Waals surface area (Å²) in [4.78, 5) is 28.1. The Labute approximate surface area is 112 Å². The lowest BCUT2D eigenvalue weighted by Crippen LogP contribution is -2.27. The van der Waals surface area contributed by atoms with Gasteiger partial charge in [-0.2, -0.15) is 0 Å². The Morgan fingerprint density at radius 2 is 2.00 bits per heavy atom. The molecule has 1 heterocycles. The summed E-state index contributed by atoms with van der Waals surface area (Å²) in [5, 5.41) is 1.03. The molecule has 2 rings (SSSR count). The maximum Gasteiger partial charge on any atom is 0.333 e. The van der Waals surface area contributed by atoms with Crippen LogP contribution in [0.4, 0.5) is 0 Å². The van der Waals surface area contributed by atoms with Gasteiger partial charge in [0.1, 0.15) is 0 Å². The van der Waals surface area contributed by atoms with E-state index in [4.69, 9.17) is 4.84 Å². The third kappa shape index (κ3) is 3.44. The van der Waals surface area contributed by atoms with Crippen LogP contribution in [0.5, 0.6) is 0 Å². The van der Waals surface area contributed by atoms with Gasteiger partial charge in [-0.05, 0) is 25.3 Å². The second-order valence-electron chi connectivity index (χ2n) is 4.70. The molecule has 1 aromatic carbocycles. The Hall–Kier alpha value is -2.10. The molecule has 1 amide bonds. The monoisotopic (exact) mass is 259 g/mol. The largest absolute Gasteiger partial charge is 0.334 e. The fraction of sp³-hybridized carbons (Fsp3) is 0.333. The second kappa shape index (κ2) is 5.69. The highest BCUT2D eigenvalue weighted by molar-refractivity contribution is 5.82. The van der Waals surface area contributed by atoms with Crippen LogP contribution in [0.25, 0.3) is 0 Å². The average molecular weight is 259 g/mol. The molecule has 100 valence electrons. The Balaban J connectivity index is 1.83. The van der Waals surface area contributed by atoms with Crippen molar-refractivity contribution in [2.45, 2.75) is 32.6 Å². The summed E-state index contributed by atoms with van der Waals surface area (Å²) in [6.07, 6.45) is 1.78. The molecule has 1 aromatic rings. The van der Waals surface area contributed by atoms with Crippen LogP contribution < -0.4 is 0 Å². The van der Waals surface area contributed by atoms with Crippen molar-refractivity contribution in [1.29, 1.82) is 0 Å². The molecule has 4 nitrogen and oxygen atoms in total. The molecule has 1 saturated heterocycles. The van der Waals surface area contributed by atoms with Crippen molar-refractivity contribution in [2.75, 3.05) is 0 Å². The number of carbonyl (C=O) groups is 2. The highest BCUT2D eigenvalue weighted by atomic mass is 16.7. The van der Waals surface area contributed by atoms with Gasteiger partial charge in [0.05, 0.1) is 12.1 Å². The first-order chi connectivity index (χ1) is 9.06. The number of hydrogen-bond acceptors (Lipinski definition) is 3. The number of hydrogen-bond donors (Lipinski definition) is 0. The van der Waals surface area contributed by atoms with Gasteiger partial charge in [-0.1, -0.05) is 36.4 Å². The Kier molecular flexibility index (Phi) is 4.00. The summed E-state index contributed by atoms with van der Waals surface area (Å²) in [5.74, 6) is -0.606. The van der Waals surface area contributed by atoms with Crippen LogP contribution in [-0.2, 0) is 20.8 Å². The van der Waals surface area contributed by atoms with E-state index in [0.29, 0.717) is 25.0 Å². The van der Waals surface area contributed by atoms with Crippen molar-refractivity contribution >= 4 is 11.9 Å². The fourth-order valence-corrected chi connectivity index (χ4v) is 1.89. The minimum atomic E-state index is -0.406. The summed E-state index contributed by atoms with van der Waals surface area (Å²) in [5.41, 5.74) is 2.81. The first-order valence-corrected chi connectivity index (χ1v) is 6.33. The zero-order valence-electron chi connectivity index (χ0n) is 11.0. The van der Waals surface area contributed by atoms with E-state index in [1.54, 1.807) is 0 Å². The second-order valence-corrected chi connectivity index (χ2v) is 4.70. The number of carbonyl (C=O) groups excluding carboxylic acids is 2. The highest BCUT2D eigenvalue weighted by Gasteiger charge is 2.27. The number of benzene rings is 1. The molecular weight excluding hydrogens is 242 g/mol. The van der Waals surface area contributed by atoms with E-state index in [1.165, 1.54) is 5.56 Å². The molecular formula is C15H17NO3. The van der Waals surface area contributed by atoms with Gasteiger partial charge in [-0.25, -0.2) is 4.79 Å². The smallest absolute Gasteiger partial charge is 0.333 e. The van der Waals surface area contributed by atoms with Crippen molar-refractivity contribution in [3.05, 3.63) is 47.7 Å². The van der Waals surface area contributed by atoms with E-state index in [1.807, 2.05) is 31.2 Å². The van der Waals surface area contributed by atoms with Crippen LogP contribution in [0.15, 0.2) is 36.5 Å². The molecule has 0 bridgehead atoms. The number of aryl methyl sites for hydroxylation is 2. The van der Waals surface area contributed by atoms with Crippen molar-refractivity contribution in [2.24, 2.45) is 0 Å². The summed E-state index contributed by atoms with van der Waals surface area (Å²) in [6, 6.07) is 7.99. The maximum atomic E-state index is 11.7. The molecule has 0 aromatic heterocycles. The number of nitrogens with zero attached hydrogens (tertiary/aromatic N) is 1. The summed E-state index contributed by atoms with van der Waals surface area (Å²) in [7, 11) is 0. The molecule has 0 saturated carbocycles. The molecule has 1 fully saturated rings. The molecule has 19 heavy (non-hydrogen) atoms. The lowest BCUT2D eigenvalue weighted by Gasteiger charge is -2.15. The lowest BCUT2D eigenvalue weighted by atomic mass is 10.1. The van der Waals surface area contributed by atoms with Crippen LogP contribution in [0.3, 0.4) is 0 Å². The minimum absolute atomic E-state index is 0.200. The van der Waals surface area contributed by atoms with Crippen LogP contribution in [0, 0.1) is 6.92 Å². The van der Waals surface area contributed by atoms with Gasteiger partial charge in [0.2, 0.25) is 0 Å². The molecule has 1 aliphatic rings. The van der Waals surface area contributed by atoms with E-state index in [2.05, 4.69) is 6.58 Å². The quantitative estimate of drug-likeness (QED) is 0.834. The van der Waals surface area contributed by atoms with E-state index in [9.17, 15) is 9.59 Å². The van der Waals surface area contributed by atoms with E-state index >= 15 is 0 Å². The Bertz CT molecular complexity index is 489. The average Bonchev–Trinajstić information content (AvgIpc) is 2.70. The Morgan fingerprint density at radius 1 is 1.32 bits per heavy atom. The number of hydroxylamine groups is 2. The van der Waals surface area contributed by atoms with Gasteiger partial charge in [-0.15, -0.1) is 5.06 Å². The minimum Gasteiger partial charge on any atom is -0.334 e. The molecule has 0 spiro atoms. The van der Waals surface area contributed by atoms with E-state index in [-0.39, 0.29) is 12.3 Å². The van der Waals surface area contributed by atoms with Gasteiger partial charge < -0.3 is 4.84 Å². The van der Waals surface area contributed by atoms with Crippen molar-refractivity contribution in [3.8, 4) is 0 Å². The standard InChI is InChI=1S/C15H17NO3/c1-11-3-6-13(7-4-11)8-10-15(18)19-16-12(2)5-9-14(16)17/h3-4,6-7H,2,5,8-10H2,1H3. The van der Waals surface area contributed by atoms with Crippen LogP contribution >= 0.6 is 0 Å². The number of amides is 1. The Morgan fingerprint density at radius 3 is 2.58 bits per heavy atom. The first kappa shape index (κ1) is 13.3. The van der Waals surface area contributed by atoms with Gasteiger partial charge in [0, 0.05) is 6.42 Å². The zero-order valence-corrected chi connectivity index (χ0v) is 11.0. The predicted octanol–water partition coefficient (Wildman–Crippen LogP) is 2.52.